The number of ether oxygens (including phenoxy) is 1. The number of benzene rings is 1. The van der Waals surface area contributed by atoms with Gasteiger partial charge in [-0.2, -0.15) is 0 Å². The van der Waals surface area contributed by atoms with Crippen LogP contribution in [-0.2, 0) is 9.57 Å². The van der Waals surface area contributed by atoms with E-state index in [4.69, 9.17) is 32.8 Å². The van der Waals surface area contributed by atoms with Gasteiger partial charge in [0, 0.05) is 5.57 Å². The summed E-state index contributed by atoms with van der Waals surface area (Å²) in [6.07, 6.45) is 4.21. The molecular formula is C17H19Cl2NO2. The highest BCUT2D eigenvalue weighted by molar-refractivity contribution is 6.42. The smallest absolute Gasteiger partial charge is 0.106 e. The van der Waals surface area contributed by atoms with Crippen LogP contribution in [-0.4, -0.2) is 25.0 Å². The molecule has 3 nitrogen and oxygen atoms in total. The molecule has 2 aliphatic rings. The van der Waals surface area contributed by atoms with Gasteiger partial charge in [-0.25, -0.2) is 0 Å². The van der Waals surface area contributed by atoms with E-state index in [0.29, 0.717) is 16.1 Å². The summed E-state index contributed by atoms with van der Waals surface area (Å²) >= 11 is 12.3. The van der Waals surface area contributed by atoms with E-state index in [1.165, 1.54) is 5.57 Å². The number of nitrogens with zero attached hydrogens (tertiary/aromatic N) is 1. The van der Waals surface area contributed by atoms with E-state index in [2.05, 4.69) is 12.1 Å². The Morgan fingerprint density at radius 3 is 2.82 bits per heavy atom. The maximum absolute atomic E-state index is 6.20. The standard InChI is InChI=1S/C17H19Cl2NO2/c1-3-15(20-21-2)17-12(9-11-5-7-16(17)22-11)10-4-6-13(18)14(19)8-10/h4,6,8,11,16H,3,5,7,9H2,1-2H3/t11?,16-/m1/s1. The molecule has 2 aliphatic heterocycles. The summed E-state index contributed by atoms with van der Waals surface area (Å²) in [7, 11) is 1.58. The zero-order valence-electron chi connectivity index (χ0n) is 12.7. The molecule has 2 heterocycles. The third kappa shape index (κ3) is 2.90. The molecule has 0 N–H and O–H groups in total. The third-order valence-electron chi connectivity index (χ3n) is 4.30. The first-order valence-electron chi connectivity index (χ1n) is 7.58. The molecule has 5 heteroatoms. The van der Waals surface area contributed by atoms with Crippen LogP contribution in [0.3, 0.4) is 0 Å². The quantitative estimate of drug-likeness (QED) is 0.563. The van der Waals surface area contributed by atoms with Crippen LogP contribution in [0, 0.1) is 0 Å². The van der Waals surface area contributed by atoms with E-state index in [-0.39, 0.29) is 6.10 Å². The lowest BCUT2D eigenvalue weighted by Gasteiger charge is -2.28. The maximum atomic E-state index is 6.20. The average Bonchev–Trinajstić information content (AvgIpc) is 2.90. The van der Waals surface area contributed by atoms with Gasteiger partial charge in [0.25, 0.3) is 0 Å². The second-order valence-electron chi connectivity index (χ2n) is 5.62. The Morgan fingerprint density at radius 2 is 2.14 bits per heavy atom. The van der Waals surface area contributed by atoms with Crippen molar-refractivity contribution in [3.05, 3.63) is 39.4 Å². The molecule has 0 aliphatic carbocycles. The van der Waals surface area contributed by atoms with Crippen LogP contribution in [0.15, 0.2) is 28.9 Å². The van der Waals surface area contributed by atoms with Crippen molar-refractivity contribution in [2.75, 3.05) is 7.11 Å². The van der Waals surface area contributed by atoms with Gasteiger partial charge < -0.3 is 9.57 Å². The van der Waals surface area contributed by atoms with Crippen molar-refractivity contribution in [2.24, 2.45) is 5.16 Å². The molecule has 2 atom stereocenters. The van der Waals surface area contributed by atoms with Crippen molar-refractivity contribution in [1.82, 2.24) is 0 Å². The fourth-order valence-electron chi connectivity index (χ4n) is 3.33. The van der Waals surface area contributed by atoms with Gasteiger partial charge in [-0.3, -0.25) is 0 Å². The Labute approximate surface area is 140 Å². The second kappa shape index (κ2) is 6.61. The summed E-state index contributed by atoms with van der Waals surface area (Å²) < 4.78 is 6.09. The van der Waals surface area contributed by atoms with Crippen molar-refractivity contribution < 1.29 is 9.57 Å². The highest BCUT2D eigenvalue weighted by atomic mass is 35.5. The minimum absolute atomic E-state index is 0.108. The average molecular weight is 340 g/mol. The number of fused-ring (bicyclic) bond motifs is 2. The molecule has 1 aromatic carbocycles. The fourth-order valence-corrected chi connectivity index (χ4v) is 3.63. The van der Waals surface area contributed by atoms with Crippen molar-refractivity contribution >= 4 is 34.5 Å². The van der Waals surface area contributed by atoms with E-state index in [1.54, 1.807) is 7.11 Å². The third-order valence-corrected chi connectivity index (χ3v) is 5.04. The van der Waals surface area contributed by atoms with Crippen LogP contribution in [0.25, 0.3) is 5.57 Å². The van der Waals surface area contributed by atoms with Crippen LogP contribution < -0.4 is 0 Å². The van der Waals surface area contributed by atoms with E-state index < -0.39 is 0 Å². The van der Waals surface area contributed by atoms with Gasteiger partial charge in [0.05, 0.1) is 28.0 Å². The lowest BCUT2D eigenvalue weighted by molar-refractivity contribution is 0.0628. The van der Waals surface area contributed by atoms with Crippen molar-refractivity contribution in [1.29, 1.82) is 0 Å². The summed E-state index contributed by atoms with van der Waals surface area (Å²) in [5.41, 5.74) is 4.47. The second-order valence-corrected chi connectivity index (χ2v) is 6.44. The highest BCUT2D eigenvalue weighted by Crippen LogP contribution is 2.42. The normalized spacial score (nSPS) is 24.8. The summed E-state index contributed by atoms with van der Waals surface area (Å²) in [6.45, 7) is 2.08. The Morgan fingerprint density at radius 1 is 1.32 bits per heavy atom. The minimum Gasteiger partial charge on any atom is -0.399 e. The Hall–Kier alpha value is -1.03. The van der Waals surface area contributed by atoms with Gasteiger partial charge in [-0.05, 0) is 49.0 Å². The van der Waals surface area contributed by atoms with Crippen LogP contribution in [0.2, 0.25) is 10.0 Å². The van der Waals surface area contributed by atoms with Crippen molar-refractivity contribution in [3.63, 3.8) is 0 Å². The van der Waals surface area contributed by atoms with Crippen LogP contribution >= 0.6 is 23.2 Å². The van der Waals surface area contributed by atoms with Gasteiger partial charge in [0.2, 0.25) is 0 Å². The lowest BCUT2D eigenvalue weighted by atomic mass is 9.89. The number of rotatable bonds is 4. The first-order valence-corrected chi connectivity index (χ1v) is 8.34. The molecule has 0 spiro atoms. The SMILES string of the molecule is CCC(=NOC)C1=C(c2ccc(Cl)c(Cl)c2)CC2CC[C@H]1O2. The summed E-state index contributed by atoms with van der Waals surface area (Å²) in [5.74, 6) is 0. The zero-order chi connectivity index (χ0) is 15.7. The Kier molecular flexibility index (Phi) is 4.76. The van der Waals surface area contributed by atoms with Gasteiger partial charge in [0.15, 0.2) is 0 Å². The molecule has 1 saturated heterocycles. The molecule has 0 saturated carbocycles. The van der Waals surface area contributed by atoms with Crippen molar-refractivity contribution in [3.8, 4) is 0 Å². The molecule has 1 fully saturated rings. The topological polar surface area (TPSA) is 30.8 Å². The lowest BCUT2D eigenvalue weighted by Crippen LogP contribution is -2.26. The molecule has 118 valence electrons. The van der Waals surface area contributed by atoms with E-state index in [9.17, 15) is 0 Å². The first kappa shape index (κ1) is 15.9. The maximum Gasteiger partial charge on any atom is 0.106 e. The zero-order valence-corrected chi connectivity index (χ0v) is 14.2. The van der Waals surface area contributed by atoms with Gasteiger partial charge >= 0.3 is 0 Å². The minimum atomic E-state index is 0.108. The molecule has 1 unspecified atom stereocenters. The summed E-state index contributed by atoms with van der Waals surface area (Å²) in [5, 5.41) is 5.37. The number of hydrogen-bond donors (Lipinski definition) is 0. The molecule has 2 bridgehead atoms. The van der Waals surface area contributed by atoms with Gasteiger partial charge in [-0.1, -0.05) is 41.3 Å². The monoisotopic (exact) mass is 339 g/mol. The van der Waals surface area contributed by atoms with Crippen molar-refractivity contribution in [2.45, 2.75) is 44.8 Å². The summed E-state index contributed by atoms with van der Waals surface area (Å²) in [6, 6.07) is 5.80. The predicted octanol–water partition coefficient (Wildman–Crippen LogP) is 5.11. The summed E-state index contributed by atoms with van der Waals surface area (Å²) in [4.78, 5) is 5.03. The van der Waals surface area contributed by atoms with Crippen LogP contribution in [0.4, 0.5) is 0 Å². The highest BCUT2D eigenvalue weighted by Gasteiger charge is 2.37. The first-order chi connectivity index (χ1) is 10.6. The predicted molar refractivity (Wildman–Crippen MR) is 90.6 cm³/mol. The van der Waals surface area contributed by atoms with E-state index >= 15 is 0 Å². The van der Waals surface area contributed by atoms with E-state index in [1.807, 2.05) is 18.2 Å². The number of hydrogen-bond acceptors (Lipinski definition) is 3. The molecular weight excluding hydrogens is 321 g/mol. The Bertz CT molecular complexity index is 640. The van der Waals surface area contributed by atoms with Gasteiger partial charge in [-0.15, -0.1) is 0 Å². The molecule has 3 rings (SSSR count). The molecule has 0 radical (unpaired) electrons. The van der Waals surface area contributed by atoms with Crippen LogP contribution in [0.1, 0.15) is 38.2 Å². The number of halogens is 2. The van der Waals surface area contributed by atoms with E-state index in [0.717, 1.165) is 42.5 Å². The molecule has 1 aromatic rings. The number of oxime groups is 1. The largest absolute Gasteiger partial charge is 0.399 e. The molecule has 0 amide bonds. The van der Waals surface area contributed by atoms with Gasteiger partial charge in [0.1, 0.15) is 7.11 Å². The fraction of sp³-hybridized carbons (Fsp3) is 0.471. The Balaban J connectivity index is 2.13. The van der Waals surface area contributed by atoms with Crippen LogP contribution in [0.5, 0.6) is 0 Å². The molecule has 0 aromatic heterocycles. The molecule has 22 heavy (non-hydrogen) atoms.